The second-order valence-electron chi connectivity index (χ2n) is 7.25. The quantitative estimate of drug-likeness (QED) is 0.833. The minimum Gasteiger partial charge on any atom is -0.372 e. The molecule has 2 aliphatic rings. The molecule has 0 bridgehead atoms. The van der Waals surface area contributed by atoms with Gasteiger partial charge < -0.3 is 9.64 Å². The van der Waals surface area contributed by atoms with E-state index in [9.17, 15) is 0 Å². The molecule has 0 saturated carbocycles. The third-order valence-electron chi connectivity index (χ3n) is 5.40. The van der Waals surface area contributed by atoms with Gasteiger partial charge in [0.25, 0.3) is 0 Å². The van der Waals surface area contributed by atoms with Crippen LogP contribution in [-0.2, 0) is 4.74 Å². The van der Waals surface area contributed by atoms with Gasteiger partial charge in [-0.15, -0.1) is 0 Å². The number of rotatable bonds is 3. The maximum Gasteiger partial charge on any atom is 0.150 e. The average molecular weight is 325 g/mol. The summed E-state index contributed by atoms with van der Waals surface area (Å²) < 4.78 is 7.79. The van der Waals surface area contributed by atoms with Gasteiger partial charge in [0.05, 0.1) is 6.20 Å². The molecule has 0 aliphatic carbocycles. The molecule has 4 heteroatoms. The molecule has 0 spiro atoms. The number of anilines is 1. The molecule has 0 radical (unpaired) electrons. The minimum absolute atomic E-state index is 0.113. The number of hydrogen-bond acceptors (Lipinski definition) is 3. The molecule has 128 valence electrons. The molecule has 2 saturated heterocycles. The van der Waals surface area contributed by atoms with Crippen LogP contribution < -0.4 is 4.90 Å². The average Bonchev–Trinajstić information content (AvgIpc) is 3.13. The molecule has 24 heavy (non-hydrogen) atoms. The Labute approximate surface area is 144 Å². The van der Waals surface area contributed by atoms with Crippen molar-refractivity contribution in [3.8, 4) is 11.1 Å². The summed E-state index contributed by atoms with van der Waals surface area (Å²) in [6.07, 6.45) is 10.2. The van der Waals surface area contributed by atoms with Crippen molar-refractivity contribution in [2.75, 3.05) is 24.6 Å². The normalized spacial score (nSPS) is 22.7. The fraction of sp³-hybridized carbons (Fsp3) is 0.550. The molecule has 1 unspecified atom stereocenters. The van der Waals surface area contributed by atoms with E-state index in [4.69, 9.17) is 4.74 Å². The van der Waals surface area contributed by atoms with Gasteiger partial charge in [-0.1, -0.05) is 19.1 Å². The summed E-state index contributed by atoms with van der Waals surface area (Å²) in [5, 5.41) is 4.52. The summed E-state index contributed by atoms with van der Waals surface area (Å²) in [6, 6.07) is 8.94. The van der Waals surface area contributed by atoms with Gasteiger partial charge >= 0.3 is 0 Å². The van der Waals surface area contributed by atoms with E-state index < -0.39 is 0 Å². The largest absolute Gasteiger partial charge is 0.372 e. The van der Waals surface area contributed by atoms with E-state index in [1.54, 1.807) is 0 Å². The Hall–Kier alpha value is -1.81. The zero-order valence-electron chi connectivity index (χ0n) is 14.5. The van der Waals surface area contributed by atoms with Crippen LogP contribution in [0.25, 0.3) is 11.1 Å². The molecule has 1 atom stereocenters. The van der Waals surface area contributed by atoms with Crippen LogP contribution in [0, 0.1) is 5.92 Å². The predicted molar refractivity (Wildman–Crippen MR) is 97.1 cm³/mol. The van der Waals surface area contributed by atoms with Crippen molar-refractivity contribution < 1.29 is 4.74 Å². The maximum atomic E-state index is 5.81. The van der Waals surface area contributed by atoms with Crippen molar-refractivity contribution in [3.05, 3.63) is 36.7 Å². The van der Waals surface area contributed by atoms with Gasteiger partial charge in [-0.05, 0) is 55.7 Å². The second kappa shape index (κ2) is 6.98. The molecule has 0 N–H and O–H groups in total. The number of nitrogens with zero attached hydrogens (tertiary/aromatic N) is 3. The molecule has 2 fully saturated rings. The summed E-state index contributed by atoms with van der Waals surface area (Å²) in [5.41, 5.74) is 3.74. The second-order valence-corrected chi connectivity index (χ2v) is 7.25. The van der Waals surface area contributed by atoms with Crippen molar-refractivity contribution in [1.29, 1.82) is 0 Å². The molecule has 2 aromatic rings. The van der Waals surface area contributed by atoms with Crippen molar-refractivity contribution in [3.63, 3.8) is 0 Å². The van der Waals surface area contributed by atoms with E-state index >= 15 is 0 Å². The van der Waals surface area contributed by atoms with Crippen LogP contribution in [0.2, 0.25) is 0 Å². The van der Waals surface area contributed by atoms with E-state index in [1.807, 2.05) is 10.9 Å². The van der Waals surface area contributed by atoms with Crippen molar-refractivity contribution in [2.45, 2.75) is 45.3 Å². The van der Waals surface area contributed by atoms with Gasteiger partial charge in [0.1, 0.15) is 6.23 Å². The van der Waals surface area contributed by atoms with Crippen molar-refractivity contribution in [1.82, 2.24) is 9.78 Å². The summed E-state index contributed by atoms with van der Waals surface area (Å²) in [6.45, 7) is 5.56. The minimum atomic E-state index is 0.113. The highest BCUT2D eigenvalue weighted by Crippen LogP contribution is 2.28. The summed E-state index contributed by atoms with van der Waals surface area (Å²) in [4.78, 5) is 2.50. The molecule has 1 aromatic carbocycles. The van der Waals surface area contributed by atoms with Gasteiger partial charge in [-0.3, -0.25) is 0 Å². The monoisotopic (exact) mass is 325 g/mol. The smallest absolute Gasteiger partial charge is 0.150 e. The van der Waals surface area contributed by atoms with E-state index in [0.29, 0.717) is 0 Å². The molecule has 3 heterocycles. The lowest BCUT2D eigenvalue weighted by molar-refractivity contribution is -0.0394. The zero-order valence-corrected chi connectivity index (χ0v) is 14.5. The Morgan fingerprint density at radius 1 is 1.00 bits per heavy atom. The fourth-order valence-electron chi connectivity index (χ4n) is 3.71. The third-order valence-corrected chi connectivity index (χ3v) is 5.40. The first-order chi connectivity index (χ1) is 11.8. The van der Waals surface area contributed by atoms with E-state index in [2.05, 4.69) is 47.4 Å². The van der Waals surface area contributed by atoms with Crippen LogP contribution in [0.5, 0.6) is 0 Å². The van der Waals surface area contributed by atoms with Crippen molar-refractivity contribution in [2.24, 2.45) is 5.92 Å². The first kappa shape index (κ1) is 15.7. The highest BCUT2D eigenvalue weighted by Gasteiger charge is 2.18. The number of benzene rings is 1. The molecule has 1 aromatic heterocycles. The van der Waals surface area contributed by atoms with Crippen LogP contribution in [0.15, 0.2) is 36.7 Å². The van der Waals surface area contributed by atoms with E-state index in [-0.39, 0.29) is 6.23 Å². The molecule has 0 amide bonds. The molecule has 2 aliphatic heterocycles. The number of hydrogen-bond donors (Lipinski definition) is 0. The Morgan fingerprint density at radius 3 is 2.50 bits per heavy atom. The van der Waals surface area contributed by atoms with Crippen molar-refractivity contribution >= 4 is 5.69 Å². The summed E-state index contributed by atoms with van der Waals surface area (Å²) in [7, 11) is 0. The number of aromatic nitrogens is 2. The maximum absolute atomic E-state index is 5.81. The lowest BCUT2D eigenvalue weighted by Crippen LogP contribution is -2.32. The molecular formula is C20H27N3O. The zero-order chi connectivity index (χ0) is 16.4. The topological polar surface area (TPSA) is 30.3 Å². The van der Waals surface area contributed by atoms with Gasteiger partial charge in [0, 0.05) is 37.1 Å². The van der Waals surface area contributed by atoms with Crippen LogP contribution in [-0.4, -0.2) is 29.5 Å². The Morgan fingerprint density at radius 2 is 1.79 bits per heavy atom. The first-order valence-electron chi connectivity index (χ1n) is 9.31. The number of ether oxygens (including phenoxy) is 1. The first-order valence-corrected chi connectivity index (χ1v) is 9.31. The predicted octanol–water partition coefficient (Wildman–Crippen LogP) is 4.49. The lowest BCUT2D eigenvalue weighted by Gasteiger charge is -2.32. The highest BCUT2D eigenvalue weighted by atomic mass is 16.5. The summed E-state index contributed by atoms with van der Waals surface area (Å²) >= 11 is 0. The lowest BCUT2D eigenvalue weighted by atomic mass is 9.98. The Kier molecular flexibility index (Phi) is 4.56. The highest BCUT2D eigenvalue weighted by molar-refractivity contribution is 5.65. The molecular weight excluding hydrogens is 298 g/mol. The van der Waals surface area contributed by atoms with Gasteiger partial charge in [-0.25, -0.2) is 4.68 Å². The van der Waals surface area contributed by atoms with Gasteiger partial charge in [-0.2, -0.15) is 5.10 Å². The Bertz CT molecular complexity index is 650. The fourth-order valence-corrected chi connectivity index (χ4v) is 3.71. The standard InChI is InChI=1S/C20H27N3O/c1-16-9-11-22(12-10-16)19-7-5-17(6-8-19)18-14-21-23(15-18)20-4-2-3-13-24-20/h5-8,14-16,20H,2-4,9-13H2,1H3. The molecule has 4 nitrogen and oxygen atoms in total. The van der Waals surface area contributed by atoms with E-state index in [0.717, 1.165) is 18.9 Å². The third kappa shape index (κ3) is 3.34. The van der Waals surface area contributed by atoms with Gasteiger partial charge in [0.15, 0.2) is 0 Å². The molecule has 4 rings (SSSR count). The SMILES string of the molecule is CC1CCN(c2ccc(-c3cnn(C4CCCCO4)c3)cc2)CC1. The van der Waals surface area contributed by atoms with Crippen LogP contribution in [0.4, 0.5) is 5.69 Å². The van der Waals surface area contributed by atoms with Gasteiger partial charge in [0.2, 0.25) is 0 Å². The Balaban J connectivity index is 1.46. The summed E-state index contributed by atoms with van der Waals surface area (Å²) in [5.74, 6) is 0.869. The number of piperidine rings is 1. The van der Waals surface area contributed by atoms with E-state index in [1.165, 1.54) is 55.6 Å². The van der Waals surface area contributed by atoms with Crippen LogP contribution >= 0.6 is 0 Å². The van der Waals surface area contributed by atoms with Crippen LogP contribution in [0.1, 0.15) is 45.3 Å². The van der Waals surface area contributed by atoms with Crippen LogP contribution in [0.3, 0.4) is 0 Å².